The first-order valence-electron chi connectivity index (χ1n) is 9.28. The summed E-state index contributed by atoms with van der Waals surface area (Å²) in [4.78, 5) is 47.5. The van der Waals surface area contributed by atoms with Gasteiger partial charge in [0.25, 0.3) is 11.8 Å². The van der Waals surface area contributed by atoms with Crippen LogP contribution in [0.15, 0.2) is 53.6 Å². The number of carbonyl (C=O) groups is 4. The molecule has 2 aromatic carbocycles. The van der Waals surface area contributed by atoms with Crippen molar-refractivity contribution in [1.29, 1.82) is 0 Å². The lowest BCUT2D eigenvalue weighted by molar-refractivity contribution is -0.119. The molecule has 2 aromatic rings. The van der Waals surface area contributed by atoms with Gasteiger partial charge in [0.15, 0.2) is 0 Å². The van der Waals surface area contributed by atoms with Gasteiger partial charge in [-0.3, -0.25) is 19.2 Å². The number of anilines is 2. The van der Waals surface area contributed by atoms with Gasteiger partial charge >= 0.3 is 0 Å². The molecule has 4 N–H and O–H groups in total. The number of hydrogen-bond acceptors (Lipinski definition) is 5. The van der Waals surface area contributed by atoms with Crippen molar-refractivity contribution in [2.24, 2.45) is 10.8 Å². The smallest absolute Gasteiger partial charge is 0.271 e. The Hall–Kier alpha value is -4.01. The predicted molar refractivity (Wildman–Crippen MR) is 112 cm³/mol. The zero-order valence-corrected chi connectivity index (χ0v) is 16.3. The largest absolute Gasteiger partial charge is 0.368 e. The van der Waals surface area contributed by atoms with E-state index in [4.69, 9.17) is 5.73 Å². The third-order valence-corrected chi connectivity index (χ3v) is 4.37. The number of nitrogens with one attached hydrogen (secondary N) is 2. The minimum absolute atomic E-state index is 0.177. The first-order valence-corrected chi connectivity index (χ1v) is 9.28. The number of nitrogens with zero attached hydrogens (tertiary/aromatic N) is 2. The molecule has 0 spiro atoms. The van der Waals surface area contributed by atoms with Gasteiger partial charge in [-0.25, -0.2) is 5.01 Å². The van der Waals surface area contributed by atoms with Gasteiger partial charge in [-0.1, -0.05) is 12.1 Å². The Labute approximate surface area is 172 Å². The maximum Gasteiger partial charge on any atom is 0.271 e. The second kappa shape index (κ2) is 8.99. The number of aryl methyl sites for hydroxylation is 1. The van der Waals surface area contributed by atoms with E-state index in [1.165, 1.54) is 17.1 Å². The minimum atomic E-state index is -0.640. The molecular weight excluding hydrogens is 386 g/mol. The van der Waals surface area contributed by atoms with Gasteiger partial charge in [-0.05, 0) is 48.9 Å². The molecular formula is C21H21N5O4. The van der Waals surface area contributed by atoms with E-state index in [-0.39, 0.29) is 31.0 Å². The Morgan fingerprint density at radius 1 is 1.07 bits per heavy atom. The highest BCUT2D eigenvalue weighted by molar-refractivity contribution is 6.44. The molecule has 0 fully saturated rings. The summed E-state index contributed by atoms with van der Waals surface area (Å²) in [6.45, 7) is 1.65. The Morgan fingerprint density at radius 3 is 2.47 bits per heavy atom. The van der Waals surface area contributed by atoms with Crippen LogP contribution in [0.2, 0.25) is 0 Å². The number of hydrazone groups is 1. The second-order valence-corrected chi connectivity index (χ2v) is 6.77. The third-order valence-electron chi connectivity index (χ3n) is 4.37. The van der Waals surface area contributed by atoms with Crippen molar-refractivity contribution in [3.05, 3.63) is 59.7 Å². The molecule has 3 rings (SSSR count). The van der Waals surface area contributed by atoms with E-state index in [1.54, 1.807) is 18.2 Å². The maximum atomic E-state index is 12.6. The van der Waals surface area contributed by atoms with E-state index < -0.39 is 17.7 Å². The van der Waals surface area contributed by atoms with Crippen molar-refractivity contribution in [2.75, 3.05) is 16.9 Å². The molecule has 30 heavy (non-hydrogen) atoms. The highest BCUT2D eigenvalue weighted by Crippen LogP contribution is 2.21. The van der Waals surface area contributed by atoms with Crippen molar-refractivity contribution < 1.29 is 19.2 Å². The van der Waals surface area contributed by atoms with Gasteiger partial charge < -0.3 is 16.4 Å². The number of hydrogen-bond donors (Lipinski definition) is 3. The Bertz CT molecular complexity index is 1030. The zero-order valence-electron chi connectivity index (χ0n) is 16.3. The molecule has 1 heterocycles. The standard InChI is InChI=1S/C21H21N5O4/c1-13-3-2-4-16(11-13)26-19(28)10-9-17(25-26)21(30)24-15-7-5-14(6-8-15)20(29)23-12-18(22)27/h2-8,11H,9-10,12H2,1H3,(H2,22,27)(H,23,29)(H,24,30). The predicted octanol–water partition coefficient (Wildman–Crippen LogP) is 1.33. The van der Waals surface area contributed by atoms with E-state index in [1.807, 2.05) is 25.1 Å². The fourth-order valence-electron chi connectivity index (χ4n) is 2.86. The molecule has 4 amide bonds. The fourth-order valence-corrected chi connectivity index (χ4v) is 2.86. The third kappa shape index (κ3) is 5.07. The van der Waals surface area contributed by atoms with E-state index in [0.29, 0.717) is 16.9 Å². The lowest BCUT2D eigenvalue weighted by Gasteiger charge is -2.23. The summed E-state index contributed by atoms with van der Waals surface area (Å²) in [5, 5.41) is 10.6. The van der Waals surface area contributed by atoms with Gasteiger partial charge in [-0.15, -0.1) is 0 Å². The molecule has 154 valence electrons. The number of benzene rings is 2. The highest BCUT2D eigenvalue weighted by Gasteiger charge is 2.25. The van der Waals surface area contributed by atoms with Gasteiger partial charge in [0.1, 0.15) is 5.71 Å². The summed E-state index contributed by atoms with van der Waals surface area (Å²) in [5.74, 6) is -1.69. The van der Waals surface area contributed by atoms with Gasteiger partial charge in [-0.2, -0.15) is 5.10 Å². The first-order chi connectivity index (χ1) is 14.3. The Kier molecular flexibility index (Phi) is 6.21. The second-order valence-electron chi connectivity index (χ2n) is 6.77. The molecule has 1 aliphatic rings. The van der Waals surface area contributed by atoms with E-state index in [0.717, 1.165) is 5.56 Å². The molecule has 0 radical (unpaired) electrons. The van der Waals surface area contributed by atoms with Crippen LogP contribution in [0, 0.1) is 6.92 Å². The number of primary amides is 1. The zero-order chi connectivity index (χ0) is 21.7. The quantitative estimate of drug-likeness (QED) is 0.666. The van der Waals surface area contributed by atoms with E-state index in [9.17, 15) is 19.2 Å². The molecule has 0 atom stereocenters. The lowest BCUT2D eigenvalue weighted by atomic mass is 10.1. The van der Waals surface area contributed by atoms with Crippen molar-refractivity contribution in [3.8, 4) is 0 Å². The summed E-state index contributed by atoms with van der Waals surface area (Å²) >= 11 is 0. The SMILES string of the molecule is Cc1cccc(N2N=C(C(=O)Nc3ccc(C(=O)NCC(N)=O)cc3)CCC2=O)c1. The van der Waals surface area contributed by atoms with Crippen LogP contribution >= 0.6 is 0 Å². The monoisotopic (exact) mass is 407 g/mol. The van der Waals surface area contributed by atoms with Crippen LogP contribution in [0.25, 0.3) is 0 Å². The van der Waals surface area contributed by atoms with Crippen molar-refractivity contribution in [3.63, 3.8) is 0 Å². The molecule has 0 saturated heterocycles. The van der Waals surface area contributed by atoms with Gasteiger partial charge in [0, 0.05) is 24.1 Å². The first kappa shape index (κ1) is 20.7. The fraction of sp³-hybridized carbons (Fsp3) is 0.190. The van der Waals surface area contributed by atoms with Crippen LogP contribution < -0.4 is 21.4 Å². The summed E-state index contributed by atoms with van der Waals surface area (Å²) in [6.07, 6.45) is 0.416. The summed E-state index contributed by atoms with van der Waals surface area (Å²) in [6, 6.07) is 13.5. The molecule has 0 aromatic heterocycles. The average molecular weight is 407 g/mol. The molecule has 0 bridgehead atoms. The van der Waals surface area contributed by atoms with Crippen LogP contribution in [-0.4, -0.2) is 35.9 Å². The topological polar surface area (TPSA) is 134 Å². The van der Waals surface area contributed by atoms with Crippen molar-refractivity contribution in [2.45, 2.75) is 19.8 Å². The molecule has 0 saturated carbocycles. The number of rotatable bonds is 6. The average Bonchev–Trinajstić information content (AvgIpc) is 2.72. The molecule has 9 heteroatoms. The van der Waals surface area contributed by atoms with Crippen LogP contribution in [0.1, 0.15) is 28.8 Å². The normalized spacial score (nSPS) is 13.4. The van der Waals surface area contributed by atoms with Crippen LogP contribution in [0.5, 0.6) is 0 Å². The summed E-state index contributed by atoms with van der Waals surface area (Å²) in [7, 11) is 0. The van der Waals surface area contributed by atoms with Crippen molar-refractivity contribution >= 4 is 40.7 Å². The summed E-state index contributed by atoms with van der Waals surface area (Å²) < 4.78 is 0. The summed E-state index contributed by atoms with van der Waals surface area (Å²) in [5.41, 5.74) is 7.60. The molecule has 0 aliphatic carbocycles. The highest BCUT2D eigenvalue weighted by atomic mass is 16.2. The number of carbonyl (C=O) groups excluding carboxylic acids is 4. The van der Waals surface area contributed by atoms with Crippen LogP contribution in [-0.2, 0) is 14.4 Å². The van der Waals surface area contributed by atoms with Crippen LogP contribution in [0.3, 0.4) is 0 Å². The minimum Gasteiger partial charge on any atom is -0.368 e. The van der Waals surface area contributed by atoms with Gasteiger partial charge in [0.2, 0.25) is 11.8 Å². The Morgan fingerprint density at radius 2 is 1.80 bits per heavy atom. The molecule has 0 unspecified atom stereocenters. The number of amides is 4. The lowest BCUT2D eigenvalue weighted by Crippen LogP contribution is -2.36. The van der Waals surface area contributed by atoms with Crippen molar-refractivity contribution in [1.82, 2.24) is 5.32 Å². The Balaban J connectivity index is 1.69. The molecule has 1 aliphatic heterocycles. The maximum absolute atomic E-state index is 12.6. The van der Waals surface area contributed by atoms with Gasteiger partial charge in [0.05, 0.1) is 12.2 Å². The van der Waals surface area contributed by atoms with Crippen LogP contribution in [0.4, 0.5) is 11.4 Å². The van der Waals surface area contributed by atoms with E-state index in [2.05, 4.69) is 15.7 Å². The molecule has 9 nitrogen and oxygen atoms in total. The van der Waals surface area contributed by atoms with E-state index >= 15 is 0 Å². The number of nitrogens with two attached hydrogens (primary N) is 1.